The molecule has 0 saturated heterocycles. The van der Waals surface area contributed by atoms with Gasteiger partial charge in [-0.3, -0.25) is 0 Å². The van der Waals surface area contributed by atoms with Crippen molar-refractivity contribution in [1.29, 1.82) is 0 Å². The molecule has 2 aromatic rings. The Bertz CT molecular complexity index is 599. The van der Waals surface area contributed by atoms with Gasteiger partial charge in [0, 0.05) is 5.18 Å². The number of para-hydroxylation sites is 2. The third-order valence-electron chi connectivity index (χ3n) is 2.68. The Balaban J connectivity index is 1.91. The van der Waals surface area contributed by atoms with Crippen LogP contribution in [0.3, 0.4) is 0 Å². The number of rotatable bonds is 2. The van der Waals surface area contributed by atoms with Crippen molar-refractivity contribution in [3.8, 4) is 0 Å². The maximum Gasteiger partial charge on any atom is 0.306 e. The second kappa shape index (κ2) is 4.87. The van der Waals surface area contributed by atoms with Gasteiger partial charge in [-0.2, -0.15) is 5.12 Å². The number of benzene rings is 2. The fourth-order valence-electron chi connectivity index (χ4n) is 1.79. The first-order valence-corrected chi connectivity index (χ1v) is 5.77. The Morgan fingerprint density at radius 3 is 2.05 bits per heavy atom. The van der Waals surface area contributed by atoms with Gasteiger partial charge >= 0.3 is 5.96 Å². The van der Waals surface area contributed by atoms with Crippen LogP contribution in [0.5, 0.6) is 0 Å². The molecule has 1 N–H and O–H groups in total. The van der Waals surface area contributed by atoms with E-state index in [-0.39, 0.29) is 5.96 Å². The number of hydrazine groups is 2. The van der Waals surface area contributed by atoms with E-state index in [0.717, 1.165) is 11.4 Å². The van der Waals surface area contributed by atoms with E-state index in [9.17, 15) is 4.91 Å². The lowest BCUT2D eigenvalue weighted by atomic mass is 10.3. The van der Waals surface area contributed by atoms with Gasteiger partial charge in [0.25, 0.3) is 0 Å². The van der Waals surface area contributed by atoms with Crippen LogP contribution in [0.25, 0.3) is 0 Å². The van der Waals surface area contributed by atoms with Crippen molar-refractivity contribution in [2.24, 2.45) is 10.3 Å². The molecule has 1 aliphatic rings. The quantitative estimate of drug-likeness (QED) is 0.835. The number of guanidine groups is 1. The molecule has 0 radical (unpaired) electrons. The molecule has 0 saturated carbocycles. The Labute approximate surface area is 109 Å². The lowest BCUT2D eigenvalue weighted by molar-refractivity contribution is 0.718. The Hall–Kier alpha value is -2.73. The van der Waals surface area contributed by atoms with Crippen LogP contribution < -0.4 is 15.7 Å². The van der Waals surface area contributed by atoms with E-state index in [4.69, 9.17) is 0 Å². The molecule has 1 aliphatic heterocycles. The third kappa shape index (κ3) is 2.16. The van der Waals surface area contributed by atoms with Crippen molar-refractivity contribution >= 4 is 17.3 Å². The molecule has 19 heavy (non-hydrogen) atoms. The Morgan fingerprint density at radius 2 is 1.47 bits per heavy atom. The van der Waals surface area contributed by atoms with Gasteiger partial charge < -0.3 is 0 Å². The van der Waals surface area contributed by atoms with Gasteiger partial charge in [0.05, 0.1) is 11.4 Å². The summed E-state index contributed by atoms with van der Waals surface area (Å²) in [5, 5.41) is 10.1. The highest BCUT2D eigenvalue weighted by Crippen LogP contribution is 2.20. The van der Waals surface area contributed by atoms with Crippen LogP contribution in [0.2, 0.25) is 0 Å². The maximum absolute atomic E-state index is 10.9. The highest BCUT2D eigenvalue weighted by molar-refractivity contribution is 5.98. The van der Waals surface area contributed by atoms with Crippen LogP contribution in [0.15, 0.2) is 70.9 Å². The number of nitrogens with zero attached hydrogens (tertiary/aromatic N) is 4. The summed E-state index contributed by atoms with van der Waals surface area (Å²) in [4.78, 5) is 10.9. The van der Waals surface area contributed by atoms with Crippen LogP contribution in [0.1, 0.15) is 0 Å². The molecular formula is C13H11N5O. The predicted molar refractivity (Wildman–Crippen MR) is 74.2 cm³/mol. The SMILES string of the molecule is O=NC1=NN(c2ccccc2)NN1c1ccccc1. The average molecular weight is 253 g/mol. The van der Waals surface area contributed by atoms with E-state index < -0.39 is 0 Å². The number of hydrazone groups is 1. The molecule has 0 spiro atoms. The van der Waals surface area contributed by atoms with Crippen molar-refractivity contribution in [2.75, 3.05) is 10.1 Å². The van der Waals surface area contributed by atoms with E-state index in [1.165, 1.54) is 10.1 Å². The standard InChI is InChI=1S/C13H11N5O/c19-15-13-14-18(12-9-5-2-6-10-12)16-17(13)11-7-3-1-4-8-11/h1-10,16H. The van der Waals surface area contributed by atoms with Gasteiger partial charge in [-0.25, -0.2) is 5.01 Å². The van der Waals surface area contributed by atoms with E-state index in [1.807, 2.05) is 60.7 Å². The number of anilines is 2. The third-order valence-corrected chi connectivity index (χ3v) is 2.68. The van der Waals surface area contributed by atoms with Crippen molar-refractivity contribution in [3.05, 3.63) is 65.6 Å². The minimum Gasteiger partial charge on any atom is -0.220 e. The molecule has 6 nitrogen and oxygen atoms in total. The van der Waals surface area contributed by atoms with E-state index in [2.05, 4.69) is 15.8 Å². The summed E-state index contributed by atoms with van der Waals surface area (Å²) in [7, 11) is 0. The number of nitrogens with one attached hydrogen (secondary N) is 1. The van der Waals surface area contributed by atoms with Gasteiger partial charge in [-0.1, -0.05) is 36.4 Å². The van der Waals surface area contributed by atoms with Crippen LogP contribution in [-0.4, -0.2) is 5.96 Å². The monoisotopic (exact) mass is 253 g/mol. The van der Waals surface area contributed by atoms with Crippen LogP contribution in [0.4, 0.5) is 11.4 Å². The van der Waals surface area contributed by atoms with Crippen LogP contribution in [-0.2, 0) is 0 Å². The van der Waals surface area contributed by atoms with Gasteiger partial charge in [0.15, 0.2) is 0 Å². The van der Waals surface area contributed by atoms with Crippen molar-refractivity contribution in [3.63, 3.8) is 0 Å². The molecule has 0 amide bonds. The zero-order valence-corrected chi connectivity index (χ0v) is 9.97. The summed E-state index contributed by atoms with van der Waals surface area (Å²) in [5.41, 5.74) is 4.61. The normalized spacial score (nSPS) is 14.4. The second-order valence-corrected chi connectivity index (χ2v) is 3.91. The van der Waals surface area contributed by atoms with Gasteiger partial charge in [-0.15, -0.1) is 15.5 Å². The van der Waals surface area contributed by atoms with Gasteiger partial charge in [-0.05, 0) is 24.3 Å². The summed E-state index contributed by atoms with van der Waals surface area (Å²) in [5.74, 6) is 0.0649. The Morgan fingerprint density at radius 1 is 0.895 bits per heavy atom. The molecule has 2 aromatic carbocycles. The lowest BCUT2D eigenvalue weighted by Gasteiger charge is -2.19. The summed E-state index contributed by atoms with van der Waals surface area (Å²) in [6, 6.07) is 18.9. The molecular weight excluding hydrogens is 242 g/mol. The van der Waals surface area contributed by atoms with E-state index in [0.29, 0.717) is 0 Å². The van der Waals surface area contributed by atoms with Crippen molar-refractivity contribution in [1.82, 2.24) is 5.53 Å². The van der Waals surface area contributed by atoms with Gasteiger partial charge in [0.2, 0.25) is 0 Å². The fourth-order valence-corrected chi connectivity index (χ4v) is 1.79. The first kappa shape index (κ1) is 11.4. The Kier molecular flexibility index (Phi) is 2.91. The molecule has 0 atom stereocenters. The highest BCUT2D eigenvalue weighted by Gasteiger charge is 2.25. The van der Waals surface area contributed by atoms with Crippen LogP contribution in [0, 0.1) is 4.91 Å². The minimum absolute atomic E-state index is 0.0649. The highest BCUT2D eigenvalue weighted by atomic mass is 16.3. The maximum atomic E-state index is 10.9. The molecule has 0 bridgehead atoms. The minimum atomic E-state index is 0.0649. The van der Waals surface area contributed by atoms with E-state index >= 15 is 0 Å². The van der Waals surface area contributed by atoms with Crippen molar-refractivity contribution < 1.29 is 0 Å². The predicted octanol–water partition coefficient (Wildman–Crippen LogP) is 2.47. The number of nitroso groups, excluding NO2 is 1. The smallest absolute Gasteiger partial charge is 0.220 e. The largest absolute Gasteiger partial charge is 0.306 e. The molecule has 0 aliphatic carbocycles. The second-order valence-electron chi connectivity index (χ2n) is 3.91. The summed E-state index contributed by atoms with van der Waals surface area (Å²) >= 11 is 0. The number of hydrogen-bond acceptors (Lipinski definition) is 6. The lowest BCUT2D eigenvalue weighted by Crippen LogP contribution is -2.42. The molecule has 3 rings (SSSR count). The fraction of sp³-hybridized carbons (Fsp3) is 0. The average Bonchev–Trinajstić information content (AvgIpc) is 2.93. The summed E-state index contributed by atoms with van der Waals surface area (Å²) < 4.78 is 0. The van der Waals surface area contributed by atoms with Crippen LogP contribution >= 0.6 is 0 Å². The van der Waals surface area contributed by atoms with E-state index in [1.54, 1.807) is 0 Å². The van der Waals surface area contributed by atoms with Gasteiger partial charge in [0.1, 0.15) is 0 Å². The molecule has 0 aromatic heterocycles. The molecule has 0 unspecified atom stereocenters. The molecule has 0 fully saturated rings. The molecule has 1 heterocycles. The summed E-state index contributed by atoms with van der Waals surface area (Å²) in [6.07, 6.45) is 0. The summed E-state index contributed by atoms with van der Waals surface area (Å²) in [6.45, 7) is 0. The topological polar surface area (TPSA) is 60.3 Å². The zero-order chi connectivity index (χ0) is 13.1. The molecule has 6 heteroatoms. The first-order valence-electron chi connectivity index (χ1n) is 5.77. The zero-order valence-electron chi connectivity index (χ0n) is 9.97. The first-order chi connectivity index (χ1) is 9.38. The number of hydrogen-bond donors (Lipinski definition) is 1. The molecule has 94 valence electrons. The van der Waals surface area contributed by atoms with Crippen molar-refractivity contribution in [2.45, 2.75) is 0 Å².